The highest BCUT2D eigenvalue weighted by Gasteiger charge is 2.13. The third kappa shape index (κ3) is 2.57. The number of rotatable bonds is 4. The van der Waals surface area contributed by atoms with E-state index in [9.17, 15) is 8.42 Å². The molecular weight excluding hydrogens is 190 g/mol. The maximum Gasteiger partial charge on any atom is 0.257 e. The molecule has 1 heterocycles. The fourth-order valence-electron chi connectivity index (χ4n) is 0.728. The lowest BCUT2D eigenvalue weighted by atomic mass is 10.5. The van der Waals surface area contributed by atoms with Gasteiger partial charge in [0.1, 0.15) is 0 Å². The summed E-state index contributed by atoms with van der Waals surface area (Å²) >= 11 is 0. The van der Waals surface area contributed by atoms with Gasteiger partial charge >= 0.3 is 0 Å². The molecule has 0 aliphatic heterocycles. The van der Waals surface area contributed by atoms with E-state index in [4.69, 9.17) is 6.42 Å². The lowest BCUT2D eigenvalue weighted by Gasteiger charge is -2.00. The SMILES string of the molecule is C#CCCNS(=O)(=O)c1ccn[nH]1. The first-order valence-electron chi connectivity index (χ1n) is 3.59. The minimum absolute atomic E-state index is 0.0459. The van der Waals surface area contributed by atoms with Gasteiger partial charge in [0.2, 0.25) is 0 Å². The zero-order valence-corrected chi connectivity index (χ0v) is 7.63. The molecule has 0 unspecified atom stereocenters. The van der Waals surface area contributed by atoms with Crippen molar-refractivity contribution in [3.05, 3.63) is 12.3 Å². The zero-order valence-electron chi connectivity index (χ0n) is 6.82. The van der Waals surface area contributed by atoms with Gasteiger partial charge in [0.05, 0.1) is 6.20 Å². The van der Waals surface area contributed by atoms with Crippen LogP contribution in [0.1, 0.15) is 6.42 Å². The van der Waals surface area contributed by atoms with E-state index in [1.165, 1.54) is 12.3 Å². The van der Waals surface area contributed by atoms with Crippen molar-refractivity contribution in [1.29, 1.82) is 0 Å². The van der Waals surface area contributed by atoms with Gasteiger partial charge in [0.15, 0.2) is 5.03 Å². The van der Waals surface area contributed by atoms with Gasteiger partial charge in [-0.15, -0.1) is 12.3 Å². The molecule has 1 rings (SSSR count). The molecule has 13 heavy (non-hydrogen) atoms. The highest BCUT2D eigenvalue weighted by molar-refractivity contribution is 7.89. The largest absolute Gasteiger partial charge is 0.266 e. The predicted molar refractivity (Wildman–Crippen MR) is 47.2 cm³/mol. The average molecular weight is 199 g/mol. The third-order valence-electron chi connectivity index (χ3n) is 1.33. The van der Waals surface area contributed by atoms with Gasteiger partial charge in [0.25, 0.3) is 10.0 Å². The first-order valence-corrected chi connectivity index (χ1v) is 5.07. The number of hydrogen-bond donors (Lipinski definition) is 2. The van der Waals surface area contributed by atoms with Gasteiger partial charge in [-0.3, -0.25) is 5.10 Å². The van der Waals surface area contributed by atoms with Crippen LogP contribution in [0.2, 0.25) is 0 Å². The lowest BCUT2D eigenvalue weighted by Crippen LogP contribution is -2.24. The van der Waals surface area contributed by atoms with E-state index in [1.54, 1.807) is 0 Å². The standard InChI is InChI=1S/C7H9N3O2S/c1-2-3-5-9-13(11,12)7-4-6-8-10-7/h1,4,6,9H,3,5H2,(H,8,10). The van der Waals surface area contributed by atoms with Gasteiger partial charge in [-0.05, 0) is 6.07 Å². The monoisotopic (exact) mass is 199 g/mol. The molecule has 0 atom stereocenters. The van der Waals surface area contributed by atoms with Crippen LogP contribution < -0.4 is 4.72 Å². The first kappa shape index (κ1) is 9.77. The van der Waals surface area contributed by atoms with E-state index in [0.29, 0.717) is 6.42 Å². The highest BCUT2D eigenvalue weighted by atomic mass is 32.2. The van der Waals surface area contributed by atoms with Gasteiger partial charge in [-0.25, -0.2) is 13.1 Å². The number of hydrogen-bond acceptors (Lipinski definition) is 3. The molecule has 0 radical (unpaired) electrons. The van der Waals surface area contributed by atoms with Crippen molar-refractivity contribution in [2.24, 2.45) is 0 Å². The summed E-state index contributed by atoms with van der Waals surface area (Å²) < 4.78 is 25.0. The van der Waals surface area contributed by atoms with Crippen LogP contribution in [0.3, 0.4) is 0 Å². The van der Waals surface area contributed by atoms with Crippen LogP contribution in [0.5, 0.6) is 0 Å². The molecular formula is C7H9N3O2S. The number of nitrogens with zero attached hydrogens (tertiary/aromatic N) is 1. The number of terminal acetylenes is 1. The smallest absolute Gasteiger partial charge is 0.257 e. The van der Waals surface area contributed by atoms with Crippen molar-refractivity contribution in [2.45, 2.75) is 11.4 Å². The number of H-pyrrole nitrogens is 1. The molecule has 6 heteroatoms. The fourth-order valence-corrected chi connectivity index (χ4v) is 1.67. The molecule has 0 aliphatic carbocycles. The molecule has 1 aromatic rings. The maximum absolute atomic E-state index is 11.3. The minimum Gasteiger partial charge on any atom is -0.266 e. The van der Waals surface area contributed by atoms with Crippen molar-refractivity contribution >= 4 is 10.0 Å². The number of aromatic amines is 1. The maximum atomic E-state index is 11.3. The third-order valence-corrected chi connectivity index (χ3v) is 2.72. The van der Waals surface area contributed by atoms with E-state index >= 15 is 0 Å². The Kier molecular flexibility index (Phi) is 3.06. The predicted octanol–water partition coefficient (Wildman–Crippen LogP) is -0.289. The zero-order chi connectivity index (χ0) is 9.73. The molecule has 0 amide bonds. The second-order valence-corrected chi connectivity index (χ2v) is 4.01. The summed E-state index contributed by atoms with van der Waals surface area (Å²) in [6.07, 6.45) is 6.71. The second-order valence-electron chi connectivity index (χ2n) is 2.27. The molecule has 0 saturated heterocycles. The summed E-state index contributed by atoms with van der Waals surface area (Å²) in [5.41, 5.74) is 0. The Morgan fingerprint density at radius 1 is 1.69 bits per heavy atom. The highest BCUT2D eigenvalue weighted by Crippen LogP contribution is 2.01. The van der Waals surface area contributed by atoms with Gasteiger partial charge in [0, 0.05) is 13.0 Å². The van der Waals surface area contributed by atoms with Crippen LogP contribution in [0.15, 0.2) is 17.3 Å². The molecule has 0 aromatic carbocycles. The lowest BCUT2D eigenvalue weighted by molar-refractivity contribution is 0.578. The van der Waals surface area contributed by atoms with Crippen LogP contribution in [0.25, 0.3) is 0 Å². The summed E-state index contributed by atoms with van der Waals surface area (Å²) in [6.45, 7) is 0.234. The summed E-state index contributed by atoms with van der Waals surface area (Å²) in [5.74, 6) is 2.33. The molecule has 0 aliphatic rings. The van der Waals surface area contributed by atoms with Crippen molar-refractivity contribution in [3.8, 4) is 12.3 Å². The molecule has 0 bridgehead atoms. The van der Waals surface area contributed by atoms with Crippen LogP contribution in [0.4, 0.5) is 0 Å². The van der Waals surface area contributed by atoms with Crippen molar-refractivity contribution in [1.82, 2.24) is 14.9 Å². The van der Waals surface area contributed by atoms with Gasteiger partial charge in [-0.2, -0.15) is 5.10 Å². The van der Waals surface area contributed by atoms with E-state index < -0.39 is 10.0 Å². The van der Waals surface area contributed by atoms with E-state index in [2.05, 4.69) is 20.8 Å². The second kappa shape index (κ2) is 4.07. The Labute approximate surface area is 76.6 Å². The van der Waals surface area contributed by atoms with Crippen LogP contribution in [-0.2, 0) is 10.0 Å². The molecule has 5 nitrogen and oxygen atoms in total. The molecule has 0 saturated carbocycles. The fraction of sp³-hybridized carbons (Fsp3) is 0.286. The molecule has 0 spiro atoms. The number of sulfonamides is 1. The molecule has 1 aromatic heterocycles. The molecule has 2 N–H and O–H groups in total. The van der Waals surface area contributed by atoms with Crippen LogP contribution in [0, 0.1) is 12.3 Å². The number of nitrogens with one attached hydrogen (secondary N) is 2. The Hall–Kier alpha value is -1.32. The van der Waals surface area contributed by atoms with Crippen molar-refractivity contribution in [3.63, 3.8) is 0 Å². The van der Waals surface area contributed by atoms with Gasteiger partial charge < -0.3 is 0 Å². The van der Waals surface area contributed by atoms with Gasteiger partial charge in [-0.1, -0.05) is 0 Å². The topological polar surface area (TPSA) is 74.8 Å². The quantitative estimate of drug-likeness (QED) is 0.517. The summed E-state index contributed by atoms with van der Waals surface area (Å²) in [6, 6.07) is 1.37. The molecule has 70 valence electrons. The van der Waals surface area contributed by atoms with Crippen LogP contribution in [-0.4, -0.2) is 25.2 Å². The average Bonchev–Trinajstić information content (AvgIpc) is 2.56. The number of aromatic nitrogens is 2. The normalized spacial score (nSPS) is 11.0. The summed E-state index contributed by atoms with van der Waals surface area (Å²) in [7, 11) is -3.45. The van der Waals surface area contributed by atoms with Crippen LogP contribution >= 0.6 is 0 Å². The van der Waals surface area contributed by atoms with Crippen molar-refractivity contribution < 1.29 is 8.42 Å². The van der Waals surface area contributed by atoms with E-state index in [-0.39, 0.29) is 11.6 Å². The minimum atomic E-state index is -3.45. The Balaban J connectivity index is 2.64. The van der Waals surface area contributed by atoms with E-state index in [1.807, 2.05) is 0 Å². The Morgan fingerprint density at radius 2 is 2.46 bits per heavy atom. The summed E-state index contributed by atoms with van der Waals surface area (Å²) in [4.78, 5) is 0. The first-order chi connectivity index (χ1) is 6.17. The summed E-state index contributed by atoms with van der Waals surface area (Å²) in [5, 5.41) is 5.93. The Morgan fingerprint density at radius 3 is 3.00 bits per heavy atom. The van der Waals surface area contributed by atoms with Crippen molar-refractivity contribution in [2.75, 3.05) is 6.54 Å². The van der Waals surface area contributed by atoms with E-state index in [0.717, 1.165) is 0 Å². The molecule has 0 fully saturated rings. The Bertz CT molecular complexity index is 388.